The van der Waals surface area contributed by atoms with Gasteiger partial charge in [0.05, 0.1) is 19.2 Å². The Hall–Kier alpha value is -0.960. The Morgan fingerprint density at radius 3 is 3.43 bits per heavy atom. The largest absolute Gasteiger partial charge is 0.368 e. The topological polar surface area (TPSA) is 49.2 Å². The van der Waals surface area contributed by atoms with Crippen LogP contribution in [0.25, 0.3) is 0 Å². The predicted octanol–water partition coefficient (Wildman–Crippen LogP) is 1.04. The van der Waals surface area contributed by atoms with Crippen molar-refractivity contribution in [1.29, 1.82) is 5.26 Å². The first-order chi connectivity index (χ1) is 6.90. The van der Waals surface area contributed by atoms with E-state index in [9.17, 15) is 0 Å². The van der Waals surface area contributed by atoms with Crippen LogP contribution in [0.3, 0.4) is 0 Å². The van der Waals surface area contributed by atoms with E-state index in [1.165, 1.54) is 0 Å². The average molecular weight is 209 g/mol. The van der Waals surface area contributed by atoms with Crippen molar-refractivity contribution in [3.63, 3.8) is 0 Å². The molecule has 0 aliphatic carbocycles. The molecule has 74 valence electrons. The van der Waals surface area contributed by atoms with E-state index in [1.807, 2.05) is 5.38 Å². The van der Waals surface area contributed by atoms with Gasteiger partial charge in [-0.3, -0.25) is 4.90 Å². The molecule has 5 heteroatoms. The third kappa shape index (κ3) is 2.10. The maximum atomic E-state index is 8.59. The summed E-state index contributed by atoms with van der Waals surface area (Å²) in [5, 5.41) is 11.5. The molecule has 1 atom stereocenters. The second-order valence-electron chi connectivity index (χ2n) is 3.12. The van der Waals surface area contributed by atoms with Gasteiger partial charge in [0, 0.05) is 24.7 Å². The maximum Gasteiger partial charge on any atom is 0.123 e. The molecule has 0 saturated carbocycles. The van der Waals surface area contributed by atoms with E-state index in [2.05, 4.69) is 16.0 Å². The molecule has 1 fully saturated rings. The molecule has 0 spiro atoms. The van der Waals surface area contributed by atoms with E-state index in [0.717, 1.165) is 18.1 Å². The maximum absolute atomic E-state index is 8.59. The van der Waals surface area contributed by atoms with Crippen LogP contribution in [0.15, 0.2) is 11.6 Å². The first-order valence-electron chi connectivity index (χ1n) is 4.50. The van der Waals surface area contributed by atoms with Gasteiger partial charge >= 0.3 is 0 Å². The van der Waals surface area contributed by atoms with Crippen LogP contribution >= 0.6 is 11.3 Å². The summed E-state index contributed by atoms with van der Waals surface area (Å²) in [5.74, 6) is 0. The lowest BCUT2D eigenvalue weighted by Crippen LogP contribution is -2.38. The molecule has 4 nitrogen and oxygen atoms in total. The zero-order valence-corrected chi connectivity index (χ0v) is 8.54. The van der Waals surface area contributed by atoms with Crippen molar-refractivity contribution in [2.24, 2.45) is 0 Å². The monoisotopic (exact) mass is 209 g/mol. The smallest absolute Gasteiger partial charge is 0.123 e. The number of morpholine rings is 1. The number of nitrogens with zero attached hydrogens (tertiary/aromatic N) is 3. The highest BCUT2D eigenvalue weighted by Gasteiger charge is 2.23. The number of ether oxygens (including phenoxy) is 1. The van der Waals surface area contributed by atoms with Gasteiger partial charge in [-0.15, -0.1) is 11.3 Å². The van der Waals surface area contributed by atoms with Crippen molar-refractivity contribution >= 4 is 11.3 Å². The number of nitriles is 1. The average Bonchev–Trinajstić information content (AvgIpc) is 2.71. The third-order valence-electron chi connectivity index (χ3n) is 2.17. The summed E-state index contributed by atoms with van der Waals surface area (Å²) in [6.07, 6.45) is 1.84. The summed E-state index contributed by atoms with van der Waals surface area (Å²) in [5.41, 5.74) is 0. The number of thiazole rings is 1. The van der Waals surface area contributed by atoms with E-state index in [1.54, 1.807) is 17.5 Å². The summed E-state index contributed by atoms with van der Waals surface area (Å²) < 4.78 is 5.60. The molecule has 0 bridgehead atoms. The molecule has 0 aromatic carbocycles. The molecule has 1 aliphatic heterocycles. The highest BCUT2D eigenvalue weighted by atomic mass is 32.1. The Bertz CT molecular complexity index is 319. The Morgan fingerprint density at radius 2 is 2.71 bits per heavy atom. The molecule has 0 N–H and O–H groups in total. The van der Waals surface area contributed by atoms with Crippen molar-refractivity contribution in [2.45, 2.75) is 6.10 Å². The van der Waals surface area contributed by atoms with E-state index in [4.69, 9.17) is 10.00 Å². The van der Waals surface area contributed by atoms with Crippen molar-refractivity contribution in [3.05, 3.63) is 16.6 Å². The van der Waals surface area contributed by atoms with E-state index < -0.39 is 0 Å². The molecular formula is C9H11N3OS. The highest BCUT2D eigenvalue weighted by molar-refractivity contribution is 7.09. The summed E-state index contributed by atoms with van der Waals surface area (Å²) in [6.45, 7) is 2.79. The molecular weight excluding hydrogens is 198 g/mol. The van der Waals surface area contributed by atoms with Crippen LogP contribution in [0.4, 0.5) is 0 Å². The van der Waals surface area contributed by atoms with Gasteiger partial charge in [0.1, 0.15) is 11.1 Å². The lowest BCUT2D eigenvalue weighted by atomic mass is 10.3. The van der Waals surface area contributed by atoms with Crippen molar-refractivity contribution in [2.75, 3.05) is 26.2 Å². The normalized spacial score (nSPS) is 23.2. The molecule has 0 radical (unpaired) electrons. The molecule has 1 aliphatic rings. The predicted molar refractivity (Wildman–Crippen MR) is 52.9 cm³/mol. The molecule has 0 amide bonds. The van der Waals surface area contributed by atoms with Gasteiger partial charge in [0.15, 0.2) is 0 Å². The molecule has 1 saturated heterocycles. The first kappa shape index (κ1) is 9.59. The molecule has 2 rings (SSSR count). The minimum absolute atomic E-state index is 0.0529. The second kappa shape index (κ2) is 4.51. The van der Waals surface area contributed by atoms with Gasteiger partial charge in [-0.25, -0.2) is 4.98 Å². The van der Waals surface area contributed by atoms with Gasteiger partial charge in [0.2, 0.25) is 0 Å². The molecule has 14 heavy (non-hydrogen) atoms. The Morgan fingerprint density at radius 1 is 1.79 bits per heavy atom. The SMILES string of the molecule is N#CCN1CCO[C@@H](c2nccs2)C1. The minimum atomic E-state index is 0.0529. The first-order valence-corrected chi connectivity index (χ1v) is 5.38. The fraction of sp³-hybridized carbons (Fsp3) is 0.556. The summed E-state index contributed by atoms with van der Waals surface area (Å²) in [4.78, 5) is 6.31. The summed E-state index contributed by atoms with van der Waals surface area (Å²) >= 11 is 1.60. The zero-order valence-electron chi connectivity index (χ0n) is 7.72. The van der Waals surface area contributed by atoms with Crippen LogP contribution in [0.5, 0.6) is 0 Å². The van der Waals surface area contributed by atoms with Crippen LogP contribution in [-0.4, -0.2) is 36.1 Å². The van der Waals surface area contributed by atoms with Crippen molar-refractivity contribution < 1.29 is 4.74 Å². The molecule has 0 unspecified atom stereocenters. The number of rotatable bonds is 2. The summed E-state index contributed by atoms with van der Waals surface area (Å²) in [6, 6.07) is 2.16. The number of hydrogen-bond donors (Lipinski definition) is 0. The third-order valence-corrected chi connectivity index (χ3v) is 3.04. The van der Waals surface area contributed by atoms with E-state index in [-0.39, 0.29) is 6.10 Å². The van der Waals surface area contributed by atoms with Crippen LogP contribution in [0.1, 0.15) is 11.1 Å². The van der Waals surface area contributed by atoms with Gasteiger partial charge in [-0.05, 0) is 0 Å². The van der Waals surface area contributed by atoms with Gasteiger partial charge in [-0.2, -0.15) is 5.26 Å². The van der Waals surface area contributed by atoms with Crippen LogP contribution in [0, 0.1) is 11.3 Å². The highest BCUT2D eigenvalue weighted by Crippen LogP contribution is 2.23. The fourth-order valence-electron chi connectivity index (χ4n) is 1.49. The van der Waals surface area contributed by atoms with Crippen LogP contribution in [-0.2, 0) is 4.74 Å². The van der Waals surface area contributed by atoms with Crippen LogP contribution in [0.2, 0.25) is 0 Å². The number of aromatic nitrogens is 1. The summed E-state index contributed by atoms with van der Waals surface area (Å²) in [7, 11) is 0. The fourth-order valence-corrected chi connectivity index (χ4v) is 2.17. The molecule has 1 aromatic rings. The van der Waals surface area contributed by atoms with Gasteiger partial charge < -0.3 is 4.74 Å². The zero-order chi connectivity index (χ0) is 9.80. The Labute approximate surface area is 86.7 Å². The Balaban J connectivity index is 1.98. The van der Waals surface area contributed by atoms with Crippen molar-refractivity contribution in [3.8, 4) is 6.07 Å². The van der Waals surface area contributed by atoms with Gasteiger partial charge in [-0.1, -0.05) is 0 Å². The second-order valence-corrected chi connectivity index (χ2v) is 4.05. The standard InChI is InChI=1S/C9H11N3OS/c10-1-3-12-4-5-13-8(7-12)9-11-2-6-14-9/h2,6,8H,3-5,7H2/t8-/m1/s1. The van der Waals surface area contributed by atoms with E-state index in [0.29, 0.717) is 13.2 Å². The lowest BCUT2D eigenvalue weighted by Gasteiger charge is -2.29. The minimum Gasteiger partial charge on any atom is -0.368 e. The Kier molecular flexibility index (Phi) is 3.09. The molecule has 1 aromatic heterocycles. The van der Waals surface area contributed by atoms with Crippen LogP contribution < -0.4 is 0 Å². The quantitative estimate of drug-likeness (QED) is 0.683. The van der Waals surface area contributed by atoms with Crippen molar-refractivity contribution in [1.82, 2.24) is 9.88 Å². The van der Waals surface area contributed by atoms with E-state index >= 15 is 0 Å². The van der Waals surface area contributed by atoms with Gasteiger partial charge in [0.25, 0.3) is 0 Å². The number of hydrogen-bond acceptors (Lipinski definition) is 5. The molecule has 2 heterocycles. The lowest BCUT2D eigenvalue weighted by molar-refractivity contribution is -0.0255.